The molecule has 0 saturated carbocycles. The van der Waals surface area contributed by atoms with Crippen LogP contribution >= 0.6 is 11.3 Å². The standard InChI is InChI=1S/C19H19F2N5S/c1-25-8-13-6-12(7-14(18(20)21)17(13)24-25)16-10-26-9-15(23-19(26)27-16)11-2-4-22-5-3-11/h6-11,18,22H,2-5H2,1H3. The monoisotopic (exact) mass is 387 g/mol. The van der Waals surface area contributed by atoms with Gasteiger partial charge in [0.2, 0.25) is 0 Å². The summed E-state index contributed by atoms with van der Waals surface area (Å²) >= 11 is 1.54. The van der Waals surface area contributed by atoms with Crippen LogP contribution in [0.15, 0.2) is 30.7 Å². The third-order valence-electron chi connectivity index (χ3n) is 5.20. The Morgan fingerprint density at radius 3 is 2.74 bits per heavy atom. The average molecular weight is 387 g/mol. The van der Waals surface area contributed by atoms with Gasteiger partial charge in [-0.25, -0.2) is 13.8 Å². The Balaban J connectivity index is 1.55. The zero-order valence-electron chi connectivity index (χ0n) is 14.8. The Labute approximate surface area is 158 Å². The molecule has 0 amide bonds. The molecule has 1 aliphatic rings. The van der Waals surface area contributed by atoms with Crippen molar-refractivity contribution in [2.24, 2.45) is 7.05 Å². The van der Waals surface area contributed by atoms with Gasteiger partial charge in [0, 0.05) is 42.5 Å². The summed E-state index contributed by atoms with van der Waals surface area (Å²) in [5.41, 5.74) is 2.25. The van der Waals surface area contributed by atoms with E-state index in [1.807, 2.05) is 16.7 Å². The number of thiazole rings is 1. The predicted octanol–water partition coefficient (Wildman–Crippen LogP) is 4.35. The van der Waals surface area contributed by atoms with E-state index in [9.17, 15) is 8.78 Å². The van der Waals surface area contributed by atoms with Gasteiger partial charge in [-0.15, -0.1) is 0 Å². The first-order valence-electron chi connectivity index (χ1n) is 9.03. The van der Waals surface area contributed by atoms with Crippen LogP contribution in [0.2, 0.25) is 0 Å². The molecule has 3 aromatic heterocycles. The second-order valence-corrected chi connectivity index (χ2v) is 8.09. The van der Waals surface area contributed by atoms with Gasteiger partial charge in [-0.3, -0.25) is 9.08 Å². The van der Waals surface area contributed by atoms with Gasteiger partial charge >= 0.3 is 0 Å². The third kappa shape index (κ3) is 2.93. The summed E-state index contributed by atoms with van der Waals surface area (Å²) in [6.45, 7) is 2.06. The first-order chi connectivity index (χ1) is 13.1. The molecule has 0 spiro atoms. The molecule has 8 heteroatoms. The maximum Gasteiger partial charge on any atom is 0.266 e. The van der Waals surface area contributed by atoms with Crippen molar-refractivity contribution in [3.05, 3.63) is 42.0 Å². The van der Waals surface area contributed by atoms with E-state index in [2.05, 4.69) is 16.6 Å². The third-order valence-corrected chi connectivity index (χ3v) is 6.25. The van der Waals surface area contributed by atoms with Gasteiger partial charge in [0.05, 0.1) is 10.6 Å². The molecular weight excluding hydrogens is 368 g/mol. The molecule has 1 N–H and O–H groups in total. The fraction of sp³-hybridized carbons (Fsp3) is 0.368. The lowest BCUT2D eigenvalue weighted by Gasteiger charge is -2.20. The quantitative estimate of drug-likeness (QED) is 0.568. The van der Waals surface area contributed by atoms with E-state index in [1.165, 1.54) is 11.3 Å². The summed E-state index contributed by atoms with van der Waals surface area (Å²) in [6.07, 6.45) is 5.50. The molecule has 1 saturated heterocycles. The van der Waals surface area contributed by atoms with Crippen molar-refractivity contribution in [1.29, 1.82) is 0 Å². The van der Waals surface area contributed by atoms with Crippen molar-refractivity contribution in [2.75, 3.05) is 13.1 Å². The fourth-order valence-electron chi connectivity index (χ4n) is 3.85. The minimum absolute atomic E-state index is 0.0236. The number of imidazole rings is 1. The molecule has 0 atom stereocenters. The van der Waals surface area contributed by atoms with Crippen molar-refractivity contribution in [1.82, 2.24) is 24.5 Å². The molecule has 140 valence electrons. The van der Waals surface area contributed by atoms with E-state index >= 15 is 0 Å². The summed E-state index contributed by atoms with van der Waals surface area (Å²) in [5, 5.41) is 8.28. The van der Waals surface area contributed by atoms with Crippen LogP contribution in [0.25, 0.3) is 26.3 Å². The largest absolute Gasteiger partial charge is 0.317 e. The van der Waals surface area contributed by atoms with Gasteiger partial charge in [0.1, 0.15) is 5.52 Å². The number of hydrogen-bond donors (Lipinski definition) is 1. The second-order valence-electron chi connectivity index (χ2n) is 7.08. The molecular formula is C19H19F2N5S. The lowest BCUT2D eigenvalue weighted by atomic mass is 9.95. The number of nitrogens with one attached hydrogen (secondary N) is 1. The maximum atomic E-state index is 13.5. The van der Waals surface area contributed by atoms with Crippen molar-refractivity contribution in [2.45, 2.75) is 25.2 Å². The number of rotatable bonds is 3. The number of aryl methyl sites for hydroxylation is 1. The summed E-state index contributed by atoms with van der Waals surface area (Å²) < 4.78 is 30.7. The molecule has 0 bridgehead atoms. The van der Waals surface area contributed by atoms with E-state index in [4.69, 9.17) is 4.98 Å². The minimum atomic E-state index is -2.56. The number of nitrogens with zero attached hydrogens (tertiary/aromatic N) is 4. The number of benzene rings is 1. The number of halogens is 2. The summed E-state index contributed by atoms with van der Waals surface area (Å²) in [7, 11) is 1.75. The van der Waals surface area contributed by atoms with Crippen molar-refractivity contribution in [3.63, 3.8) is 0 Å². The lowest BCUT2D eigenvalue weighted by molar-refractivity contribution is 0.153. The van der Waals surface area contributed by atoms with Crippen LogP contribution < -0.4 is 5.32 Å². The molecule has 5 rings (SSSR count). The van der Waals surface area contributed by atoms with Gasteiger partial charge < -0.3 is 5.32 Å². The van der Waals surface area contributed by atoms with Crippen molar-refractivity contribution >= 4 is 27.2 Å². The topological polar surface area (TPSA) is 47.1 Å². The van der Waals surface area contributed by atoms with Crippen LogP contribution in [-0.2, 0) is 7.05 Å². The molecule has 1 fully saturated rings. The van der Waals surface area contributed by atoms with Gasteiger partial charge in [-0.1, -0.05) is 11.3 Å². The van der Waals surface area contributed by atoms with Crippen LogP contribution in [-0.4, -0.2) is 32.3 Å². The van der Waals surface area contributed by atoms with Gasteiger partial charge in [0.25, 0.3) is 6.43 Å². The van der Waals surface area contributed by atoms with E-state index in [1.54, 1.807) is 24.0 Å². The fourth-order valence-corrected chi connectivity index (χ4v) is 4.81. The Morgan fingerprint density at radius 2 is 2.00 bits per heavy atom. The first kappa shape index (κ1) is 16.8. The Bertz CT molecular complexity index is 1090. The zero-order chi connectivity index (χ0) is 18.5. The normalized spacial score (nSPS) is 16.1. The highest BCUT2D eigenvalue weighted by Crippen LogP contribution is 2.36. The highest BCUT2D eigenvalue weighted by molar-refractivity contribution is 7.20. The molecule has 4 aromatic rings. The average Bonchev–Trinajstić information content (AvgIpc) is 3.32. The Hall–Kier alpha value is -2.32. The van der Waals surface area contributed by atoms with Crippen LogP contribution in [0.5, 0.6) is 0 Å². The van der Waals surface area contributed by atoms with Gasteiger partial charge in [0.15, 0.2) is 4.96 Å². The van der Waals surface area contributed by atoms with Crippen molar-refractivity contribution in [3.8, 4) is 10.4 Å². The first-order valence-corrected chi connectivity index (χ1v) is 9.85. The van der Waals surface area contributed by atoms with Crippen LogP contribution in [0.1, 0.15) is 36.4 Å². The Morgan fingerprint density at radius 1 is 1.19 bits per heavy atom. The molecule has 5 nitrogen and oxygen atoms in total. The van der Waals surface area contributed by atoms with Gasteiger partial charge in [-0.2, -0.15) is 5.10 Å². The molecule has 4 heterocycles. The summed E-state index contributed by atoms with van der Waals surface area (Å²) in [6, 6.07) is 3.48. The van der Waals surface area contributed by atoms with E-state index in [-0.39, 0.29) is 5.56 Å². The summed E-state index contributed by atoms with van der Waals surface area (Å²) in [5.74, 6) is 0.499. The van der Waals surface area contributed by atoms with Crippen molar-refractivity contribution < 1.29 is 8.78 Å². The number of piperidine rings is 1. The molecule has 0 aliphatic carbocycles. The number of fused-ring (bicyclic) bond motifs is 2. The summed E-state index contributed by atoms with van der Waals surface area (Å²) in [4.78, 5) is 6.63. The van der Waals surface area contributed by atoms with Crippen LogP contribution in [0, 0.1) is 0 Å². The molecule has 0 unspecified atom stereocenters. The minimum Gasteiger partial charge on any atom is -0.317 e. The molecule has 27 heavy (non-hydrogen) atoms. The van der Waals surface area contributed by atoms with Crippen LogP contribution in [0.3, 0.4) is 0 Å². The second kappa shape index (κ2) is 6.38. The number of hydrogen-bond acceptors (Lipinski definition) is 4. The number of alkyl halides is 2. The lowest BCUT2D eigenvalue weighted by Crippen LogP contribution is -2.26. The van der Waals surface area contributed by atoms with Crippen LogP contribution in [0.4, 0.5) is 8.78 Å². The number of aromatic nitrogens is 4. The van der Waals surface area contributed by atoms with E-state index < -0.39 is 6.43 Å². The molecule has 1 aromatic carbocycles. The van der Waals surface area contributed by atoms with E-state index in [0.29, 0.717) is 11.4 Å². The molecule has 0 radical (unpaired) electrons. The maximum absolute atomic E-state index is 13.5. The zero-order valence-corrected chi connectivity index (χ0v) is 15.6. The smallest absolute Gasteiger partial charge is 0.266 e. The highest BCUT2D eigenvalue weighted by Gasteiger charge is 2.20. The highest BCUT2D eigenvalue weighted by atomic mass is 32.1. The SMILES string of the molecule is Cn1cc2cc(-c3cn4cc(C5CCNCC5)nc4s3)cc(C(F)F)c2n1. The predicted molar refractivity (Wildman–Crippen MR) is 103 cm³/mol. The molecule has 1 aliphatic heterocycles. The Kier molecular flexibility index (Phi) is 3.98. The van der Waals surface area contributed by atoms with Gasteiger partial charge in [-0.05, 0) is 43.6 Å². The van der Waals surface area contributed by atoms with E-state index in [0.717, 1.165) is 52.4 Å².